The first-order valence-electron chi connectivity index (χ1n) is 16.8. The highest BCUT2D eigenvalue weighted by atomic mass is 16.5. The van der Waals surface area contributed by atoms with E-state index in [0.29, 0.717) is 49.2 Å². The van der Waals surface area contributed by atoms with Gasteiger partial charge in [0.2, 0.25) is 0 Å². The van der Waals surface area contributed by atoms with Gasteiger partial charge < -0.3 is 34.5 Å². The number of hydrogen-bond donors (Lipinski definition) is 2. The first kappa shape index (κ1) is 36.7. The number of nitrogens with one attached hydrogen (secondary N) is 2. The molecule has 2 aromatic rings. The Balaban J connectivity index is 0.000000259. The van der Waals surface area contributed by atoms with Crippen molar-refractivity contribution in [1.29, 1.82) is 0 Å². The molecule has 46 heavy (non-hydrogen) atoms. The summed E-state index contributed by atoms with van der Waals surface area (Å²) in [5, 5.41) is 6.30. The number of likely N-dealkylation sites (tertiary alicyclic amines) is 1. The zero-order valence-electron chi connectivity index (χ0n) is 28.1. The molecule has 0 saturated carbocycles. The Morgan fingerprint density at radius 2 is 1.26 bits per heavy atom. The normalized spacial score (nSPS) is 15.4. The van der Waals surface area contributed by atoms with Crippen LogP contribution in [0.2, 0.25) is 0 Å². The third-order valence-corrected chi connectivity index (χ3v) is 8.05. The summed E-state index contributed by atoms with van der Waals surface area (Å²) in [7, 11) is 0. The van der Waals surface area contributed by atoms with Crippen molar-refractivity contribution in [2.24, 2.45) is 11.8 Å². The van der Waals surface area contributed by atoms with Crippen LogP contribution < -0.4 is 20.1 Å². The number of amides is 2. The fraction of sp³-hybridized carbons (Fsp3) is 0.583. The van der Waals surface area contributed by atoms with Crippen molar-refractivity contribution in [3.8, 4) is 11.5 Å². The van der Waals surface area contributed by atoms with Crippen LogP contribution in [0.25, 0.3) is 0 Å². The second-order valence-corrected chi connectivity index (χ2v) is 12.0. The molecule has 254 valence electrons. The molecular weight excluding hydrogens is 586 g/mol. The predicted molar refractivity (Wildman–Crippen MR) is 179 cm³/mol. The molecule has 0 spiro atoms. The van der Waals surface area contributed by atoms with Gasteiger partial charge in [0, 0.05) is 19.1 Å². The van der Waals surface area contributed by atoms with E-state index in [1.807, 2.05) is 36.9 Å². The van der Waals surface area contributed by atoms with Crippen molar-refractivity contribution in [2.45, 2.75) is 72.3 Å². The zero-order chi connectivity index (χ0) is 33.1. The number of carbonyl (C=O) groups excluding carboxylic acids is 3. The Hall–Kier alpha value is -3.79. The van der Waals surface area contributed by atoms with Crippen LogP contribution in [-0.4, -0.2) is 81.5 Å². The Labute approximate surface area is 274 Å². The van der Waals surface area contributed by atoms with Gasteiger partial charge in [0.15, 0.2) is 0 Å². The Morgan fingerprint density at radius 3 is 1.72 bits per heavy atom. The van der Waals surface area contributed by atoms with Crippen LogP contribution in [0.3, 0.4) is 0 Å². The topological polar surface area (TPSA) is 115 Å². The van der Waals surface area contributed by atoms with Crippen LogP contribution in [0.15, 0.2) is 48.5 Å². The van der Waals surface area contributed by atoms with E-state index in [0.717, 1.165) is 63.5 Å². The van der Waals surface area contributed by atoms with Gasteiger partial charge >= 0.3 is 18.0 Å². The molecule has 4 rings (SSSR count). The monoisotopic (exact) mass is 639 g/mol. The highest BCUT2D eigenvalue weighted by Crippen LogP contribution is 2.22. The summed E-state index contributed by atoms with van der Waals surface area (Å²) >= 11 is 0. The van der Waals surface area contributed by atoms with Crippen LogP contribution in [0.5, 0.6) is 11.5 Å². The molecular formula is C36H53N3O7. The van der Waals surface area contributed by atoms with Crippen LogP contribution >= 0.6 is 0 Å². The molecule has 2 fully saturated rings. The maximum atomic E-state index is 12.0. The second-order valence-electron chi connectivity index (χ2n) is 12.0. The first-order valence-corrected chi connectivity index (χ1v) is 16.8. The number of benzene rings is 2. The van der Waals surface area contributed by atoms with Crippen molar-refractivity contribution in [1.82, 2.24) is 15.5 Å². The van der Waals surface area contributed by atoms with Crippen molar-refractivity contribution in [3.05, 3.63) is 59.7 Å². The number of piperidine rings is 2. The minimum Gasteiger partial charge on any atom is -0.494 e. The lowest BCUT2D eigenvalue weighted by Gasteiger charge is -2.32. The maximum Gasteiger partial charge on any atom is 0.338 e. The van der Waals surface area contributed by atoms with Gasteiger partial charge in [-0.25, -0.2) is 14.4 Å². The van der Waals surface area contributed by atoms with Crippen LogP contribution in [0.4, 0.5) is 4.79 Å². The van der Waals surface area contributed by atoms with Crippen LogP contribution in [0, 0.1) is 11.8 Å². The van der Waals surface area contributed by atoms with Crippen molar-refractivity contribution in [2.75, 3.05) is 52.6 Å². The van der Waals surface area contributed by atoms with E-state index in [9.17, 15) is 14.4 Å². The quantitative estimate of drug-likeness (QED) is 0.253. The molecule has 10 nitrogen and oxygen atoms in total. The molecule has 0 aromatic heterocycles. The standard InChI is InChI=1S/C20H30N2O4.C16H23NO3/c1-4-25-19(23)17-6-5-7-18(14-17)26-13-10-16-8-11-22(12-9-16)20(24)21-15(2)3;1-2-19-16(18)14-4-3-5-15(12-14)20-11-8-13-6-9-17-10-7-13/h5-7,14-16H,4,8-13H2,1-3H3,(H,21,24);3-5,12-13,17H,2,6-11H2,1H3. The van der Waals surface area contributed by atoms with Gasteiger partial charge in [0.1, 0.15) is 11.5 Å². The summed E-state index contributed by atoms with van der Waals surface area (Å²) < 4.78 is 21.5. The minimum absolute atomic E-state index is 0.0329. The van der Waals surface area contributed by atoms with Gasteiger partial charge in [-0.1, -0.05) is 12.1 Å². The smallest absolute Gasteiger partial charge is 0.338 e. The van der Waals surface area contributed by atoms with Gasteiger partial charge in [-0.15, -0.1) is 0 Å². The molecule has 2 aliphatic rings. The molecule has 2 amide bonds. The highest BCUT2D eigenvalue weighted by molar-refractivity contribution is 5.90. The lowest BCUT2D eigenvalue weighted by Crippen LogP contribution is -2.46. The van der Waals surface area contributed by atoms with Crippen molar-refractivity contribution >= 4 is 18.0 Å². The zero-order valence-corrected chi connectivity index (χ0v) is 28.1. The Kier molecular flexibility index (Phi) is 16.2. The molecule has 10 heteroatoms. The molecule has 2 saturated heterocycles. The van der Waals surface area contributed by atoms with Crippen LogP contribution in [0.1, 0.15) is 86.9 Å². The summed E-state index contributed by atoms with van der Waals surface area (Å²) in [6.45, 7) is 13.4. The number of ether oxygens (including phenoxy) is 4. The second kappa shape index (κ2) is 20.4. The van der Waals surface area contributed by atoms with Gasteiger partial charge in [0.25, 0.3) is 0 Å². The summed E-state index contributed by atoms with van der Waals surface area (Å²) in [5.41, 5.74) is 1.06. The van der Waals surface area contributed by atoms with Gasteiger partial charge in [0.05, 0.1) is 37.6 Å². The largest absolute Gasteiger partial charge is 0.494 e. The third kappa shape index (κ3) is 13.3. The molecule has 2 heterocycles. The lowest BCUT2D eigenvalue weighted by molar-refractivity contribution is 0.0516. The minimum atomic E-state index is -0.329. The number of rotatable bonds is 13. The fourth-order valence-electron chi connectivity index (χ4n) is 5.47. The molecule has 0 atom stereocenters. The summed E-state index contributed by atoms with van der Waals surface area (Å²) in [6.07, 6.45) is 6.47. The molecule has 2 aromatic carbocycles. The van der Waals surface area contributed by atoms with Gasteiger partial charge in [-0.2, -0.15) is 0 Å². The van der Waals surface area contributed by atoms with E-state index in [-0.39, 0.29) is 24.0 Å². The first-order chi connectivity index (χ1) is 22.3. The highest BCUT2D eigenvalue weighted by Gasteiger charge is 2.23. The molecule has 2 aliphatic heterocycles. The summed E-state index contributed by atoms with van der Waals surface area (Å²) in [4.78, 5) is 37.3. The SMILES string of the molecule is CCOC(=O)c1cccc(OCCC2CCN(C(=O)NC(C)C)CC2)c1.CCOC(=O)c1cccc(OCCC2CCNCC2)c1. The maximum absolute atomic E-state index is 12.0. The molecule has 0 unspecified atom stereocenters. The number of esters is 2. The Bertz CT molecular complexity index is 1210. The van der Waals surface area contributed by atoms with E-state index in [4.69, 9.17) is 18.9 Å². The van der Waals surface area contributed by atoms with E-state index in [2.05, 4.69) is 10.6 Å². The molecule has 2 N–H and O–H groups in total. The van der Waals surface area contributed by atoms with Crippen molar-refractivity contribution in [3.63, 3.8) is 0 Å². The van der Waals surface area contributed by atoms with Gasteiger partial charge in [-0.05, 0) is 128 Å². The van der Waals surface area contributed by atoms with Gasteiger partial charge in [-0.3, -0.25) is 0 Å². The number of urea groups is 1. The number of nitrogens with zero attached hydrogens (tertiary/aromatic N) is 1. The fourth-order valence-corrected chi connectivity index (χ4v) is 5.47. The number of carbonyl (C=O) groups is 3. The average molecular weight is 640 g/mol. The lowest BCUT2D eigenvalue weighted by atomic mass is 9.94. The average Bonchev–Trinajstić information content (AvgIpc) is 3.06. The summed E-state index contributed by atoms with van der Waals surface area (Å²) in [5.74, 6) is 2.12. The number of hydrogen-bond acceptors (Lipinski definition) is 8. The van der Waals surface area contributed by atoms with Crippen molar-refractivity contribution < 1.29 is 33.3 Å². The Morgan fingerprint density at radius 1 is 0.783 bits per heavy atom. The predicted octanol–water partition coefficient (Wildman–Crippen LogP) is 6.09. The third-order valence-electron chi connectivity index (χ3n) is 8.05. The molecule has 0 aliphatic carbocycles. The molecule has 0 bridgehead atoms. The van der Waals surface area contributed by atoms with Crippen LogP contribution in [-0.2, 0) is 9.47 Å². The molecule has 0 radical (unpaired) electrons. The van der Waals surface area contributed by atoms with E-state index >= 15 is 0 Å². The summed E-state index contributed by atoms with van der Waals surface area (Å²) in [6, 6.07) is 14.5. The van der Waals surface area contributed by atoms with E-state index in [1.165, 1.54) is 12.8 Å². The van der Waals surface area contributed by atoms with E-state index in [1.54, 1.807) is 44.2 Å². The van der Waals surface area contributed by atoms with E-state index < -0.39 is 0 Å².